The minimum atomic E-state index is -3.03. The van der Waals surface area contributed by atoms with Gasteiger partial charge in [-0.15, -0.1) is 0 Å². The smallest absolute Gasteiger partial charge is 0.263 e. The molecule has 1 heterocycles. The van der Waals surface area contributed by atoms with E-state index >= 15 is 0 Å². The number of hydrogen-bond donors (Lipinski definition) is 0. The normalized spacial score (nSPS) is 20.4. The third-order valence-corrected chi connectivity index (χ3v) is 6.33. The second kappa shape index (κ2) is 8.21. The molecule has 0 spiro atoms. The van der Waals surface area contributed by atoms with Crippen LogP contribution >= 0.6 is 0 Å². The first-order valence-electron chi connectivity index (χ1n) is 9.01. The van der Waals surface area contributed by atoms with E-state index in [1.807, 2.05) is 31.2 Å². The van der Waals surface area contributed by atoms with Gasteiger partial charge in [-0.2, -0.15) is 0 Å². The third kappa shape index (κ3) is 5.21. The van der Waals surface area contributed by atoms with Gasteiger partial charge in [0.2, 0.25) is 0 Å². The van der Waals surface area contributed by atoms with Crippen molar-refractivity contribution in [1.82, 2.24) is 4.90 Å². The van der Waals surface area contributed by atoms with Crippen molar-refractivity contribution in [2.75, 3.05) is 18.1 Å². The van der Waals surface area contributed by atoms with Crippen LogP contribution in [0.15, 0.2) is 24.3 Å². The zero-order valence-electron chi connectivity index (χ0n) is 15.6. The van der Waals surface area contributed by atoms with Crippen molar-refractivity contribution < 1.29 is 17.9 Å². The van der Waals surface area contributed by atoms with E-state index in [0.717, 1.165) is 12.0 Å². The Morgan fingerprint density at radius 1 is 1.32 bits per heavy atom. The molecule has 0 aromatic heterocycles. The van der Waals surface area contributed by atoms with E-state index < -0.39 is 15.9 Å². The molecule has 0 aliphatic carbocycles. The van der Waals surface area contributed by atoms with Crippen molar-refractivity contribution in [3.05, 3.63) is 29.8 Å². The van der Waals surface area contributed by atoms with Gasteiger partial charge in [0.1, 0.15) is 5.75 Å². The highest BCUT2D eigenvalue weighted by Gasteiger charge is 2.36. The maximum Gasteiger partial charge on any atom is 0.263 e. The van der Waals surface area contributed by atoms with Crippen molar-refractivity contribution in [2.24, 2.45) is 0 Å². The molecular formula is C19H29NO4S. The number of carbonyl (C=O) groups excluding carboxylic acids is 1. The van der Waals surface area contributed by atoms with Crippen LogP contribution in [0.5, 0.6) is 5.75 Å². The number of hydrogen-bond acceptors (Lipinski definition) is 4. The molecule has 2 rings (SSSR count). The van der Waals surface area contributed by atoms with Gasteiger partial charge in [0.15, 0.2) is 15.9 Å². The van der Waals surface area contributed by atoms with Gasteiger partial charge in [-0.3, -0.25) is 4.79 Å². The molecule has 2 unspecified atom stereocenters. The Hall–Kier alpha value is -1.56. The number of benzene rings is 1. The van der Waals surface area contributed by atoms with Crippen molar-refractivity contribution in [3.8, 4) is 5.75 Å². The van der Waals surface area contributed by atoms with Crippen LogP contribution in [0.2, 0.25) is 0 Å². The second-order valence-corrected chi connectivity index (χ2v) is 9.30. The molecule has 0 radical (unpaired) electrons. The third-order valence-electron chi connectivity index (χ3n) is 4.58. The number of rotatable bonds is 7. The number of ether oxygens (including phenoxy) is 1. The van der Waals surface area contributed by atoms with E-state index in [2.05, 4.69) is 13.8 Å². The average molecular weight is 368 g/mol. The van der Waals surface area contributed by atoms with Crippen molar-refractivity contribution in [3.63, 3.8) is 0 Å². The molecule has 1 amide bonds. The van der Waals surface area contributed by atoms with Gasteiger partial charge in [-0.1, -0.05) is 32.9 Å². The number of amides is 1. The summed E-state index contributed by atoms with van der Waals surface area (Å²) in [5, 5.41) is 0. The molecule has 1 aliphatic heterocycles. The van der Waals surface area contributed by atoms with Crippen LogP contribution in [0.1, 0.15) is 52.0 Å². The van der Waals surface area contributed by atoms with Gasteiger partial charge in [0.05, 0.1) is 11.5 Å². The largest absolute Gasteiger partial charge is 0.481 e. The van der Waals surface area contributed by atoms with Crippen molar-refractivity contribution in [1.29, 1.82) is 0 Å². The Morgan fingerprint density at radius 3 is 2.60 bits per heavy atom. The molecule has 0 saturated carbocycles. The molecule has 6 heteroatoms. The highest BCUT2D eigenvalue weighted by Crippen LogP contribution is 2.23. The summed E-state index contributed by atoms with van der Waals surface area (Å²) in [5.74, 6) is 1.14. The molecule has 1 fully saturated rings. The molecule has 1 aromatic rings. The molecular weight excluding hydrogens is 338 g/mol. The second-order valence-electron chi connectivity index (χ2n) is 7.08. The van der Waals surface area contributed by atoms with E-state index in [-0.39, 0.29) is 23.5 Å². The van der Waals surface area contributed by atoms with E-state index in [1.165, 1.54) is 0 Å². The first-order chi connectivity index (χ1) is 11.7. The van der Waals surface area contributed by atoms with Gasteiger partial charge >= 0.3 is 0 Å². The highest BCUT2D eigenvalue weighted by molar-refractivity contribution is 7.91. The van der Waals surface area contributed by atoms with Crippen LogP contribution in [0, 0.1) is 0 Å². The van der Waals surface area contributed by atoms with Gasteiger partial charge in [-0.05, 0) is 43.4 Å². The Balaban J connectivity index is 2.09. The molecule has 1 aliphatic rings. The van der Waals surface area contributed by atoms with Gasteiger partial charge < -0.3 is 9.64 Å². The predicted molar refractivity (Wildman–Crippen MR) is 99.7 cm³/mol. The fraction of sp³-hybridized carbons (Fsp3) is 0.632. The van der Waals surface area contributed by atoms with Crippen LogP contribution in [0.25, 0.3) is 0 Å². The molecule has 1 aromatic carbocycles. The number of carbonyl (C=O) groups is 1. The van der Waals surface area contributed by atoms with Crippen LogP contribution in [-0.2, 0) is 14.6 Å². The van der Waals surface area contributed by atoms with Crippen LogP contribution < -0.4 is 4.74 Å². The predicted octanol–water partition coefficient (Wildman–Crippen LogP) is 3.00. The lowest BCUT2D eigenvalue weighted by Crippen LogP contribution is -2.47. The van der Waals surface area contributed by atoms with Gasteiger partial charge in [0.25, 0.3) is 5.91 Å². The first-order valence-corrected chi connectivity index (χ1v) is 10.8. The maximum absolute atomic E-state index is 12.9. The molecule has 25 heavy (non-hydrogen) atoms. The number of nitrogens with zero attached hydrogens (tertiary/aromatic N) is 1. The summed E-state index contributed by atoms with van der Waals surface area (Å²) in [4.78, 5) is 14.6. The summed E-state index contributed by atoms with van der Waals surface area (Å²) in [6.07, 6.45) is 0.666. The summed E-state index contributed by atoms with van der Waals surface area (Å²) >= 11 is 0. The molecule has 0 N–H and O–H groups in total. The van der Waals surface area contributed by atoms with Gasteiger partial charge in [-0.25, -0.2) is 8.42 Å². The summed E-state index contributed by atoms with van der Waals surface area (Å²) in [5.41, 5.74) is 1.16. The monoisotopic (exact) mass is 367 g/mol. The molecule has 0 bridgehead atoms. The molecule has 1 saturated heterocycles. The lowest BCUT2D eigenvalue weighted by Gasteiger charge is -2.30. The minimum Gasteiger partial charge on any atom is -0.481 e. The zero-order chi connectivity index (χ0) is 18.6. The van der Waals surface area contributed by atoms with Gasteiger partial charge in [0, 0.05) is 12.6 Å². The highest BCUT2D eigenvalue weighted by atomic mass is 32.2. The van der Waals surface area contributed by atoms with Crippen LogP contribution in [-0.4, -0.2) is 49.4 Å². The Kier molecular flexibility index (Phi) is 6.49. The Bertz CT molecular complexity index is 699. The number of sulfone groups is 1. The average Bonchev–Trinajstić information content (AvgIpc) is 2.91. The van der Waals surface area contributed by atoms with E-state index in [1.54, 1.807) is 11.8 Å². The van der Waals surface area contributed by atoms with Crippen LogP contribution in [0.4, 0.5) is 0 Å². The summed E-state index contributed by atoms with van der Waals surface area (Å²) < 4.78 is 29.4. The quantitative estimate of drug-likeness (QED) is 0.743. The van der Waals surface area contributed by atoms with Crippen LogP contribution in [0.3, 0.4) is 0 Å². The molecule has 5 nitrogen and oxygen atoms in total. The summed E-state index contributed by atoms with van der Waals surface area (Å²) in [6, 6.07) is 7.54. The molecule has 140 valence electrons. The maximum atomic E-state index is 12.9. The zero-order valence-corrected chi connectivity index (χ0v) is 16.4. The van der Waals surface area contributed by atoms with Crippen molar-refractivity contribution >= 4 is 15.7 Å². The van der Waals surface area contributed by atoms with E-state index in [4.69, 9.17) is 4.74 Å². The fourth-order valence-corrected chi connectivity index (χ4v) is 4.90. The SMILES string of the molecule is CCCN(C(=O)C(C)Oc1cccc(C(C)C)c1)C1CCS(=O)(=O)C1. The summed E-state index contributed by atoms with van der Waals surface area (Å²) in [7, 11) is -3.03. The Morgan fingerprint density at radius 2 is 2.04 bits per heavy atom. The first kappa shape index (κ1) is 19.8. The van der Waals surface area contributed by atoms with E-state index in [0.29, 0.717) is 24.6 Å². The minimum absolute atomic E-state index is 0.0638. The van der Waals surface area contributed by atoms with E-state index in [9.17, 15) is 13.2 Å². The molecule has 2 atom stereocenters. The summed E-state index contributed by atoms with van der Waals surface area (Å²) in [6.45, 7) is 8.49. The lowest BCUT2D eigenvalue weighted by atomic mass is 10.0. The fourth-order valence-electron chi connectivity index (χ4n) is 3.17. The standard InChI is InChI=1S/C19H29NO4S/c1-5-10-20(17-9-11-25(22,23)13-17)19(21)15(4)24-18-8-6-7-16(12-18)14(2)3/h6-8,12,14-15,17H,5,9-11,13H2,1-4H3. The lowest BCUT2D eigenvalue weighted by molar-refractivity contribution is -0.139. The Labute approximate surface area is 151 Å². The topological polar surface area (TPSA) is 63.7 Å². The van der Waals surface area contributed by atoms with Crippen molar-refractivity contribution in [2.45, 2.75) is 58.6 Å².